The zero-order valence-electron chi connectivity index (χ0n) is 20.5. The molecule has 0 aromatic heterocycles. The van der Waals surface area contributed by atoms with Crippen molar-refractivity contribution < 1.29 is 26.7 Å². The van der Waals surface area contributed by atoms with E-state index in [1.54, 1.807) is 36.4 Å². The lowest BCUT2D eigenvalue weighted by molar-refractivity contribution is 0.0697. The van der Waals surface area contributed by atoms with E-state index in [0.717, 1.165) is 0 Å². The van der Waals surface area contributed by atoms with Crippen LogP contribution in [-0.4, -0.2) is 37.6 Å². The minimum absolute atomic E-state index is 0.0698. The van der Waals surface area contributed by atoms with E-state index in [1.807, 2.05) is 0 Å². The topological polar surface area (TPSA) is 181 Å². The van der Waals surface area contributed by atoms with Crippen molar-refractivity contribution in [2.45, 2.75) is 12.8 Å². The van der Waals surface area contributed by atoms with Gasteiger partial charge in [0, 0.05) is 29.7 Å². The van der Waals surface area contributed by atoms with Crippen LogP contribution in [0.3, 0.4) is 0 Å². The first-order valence-corrected chi connectivity index (χ1v) is 13.9. The highest BCUT2D eigenvalue weighted by molar-refractivity contribution is 7.73. The van der Waals surface area contributed by atoms with Crippen molar-refractivity contribution in [3.63, 3.8) is 0 Å². The number of nitrogen functional groups attached to an aromatic ring is 1. The molecule has 0 aliphatic heterocycles. The Morgan fingerprint density at radius 3 is 1.75 bits per heavy atom. The first-order valence-electron chi connectivity index (χ1n) is 11.7. The van der Waals surface area contributed by atoms with Gasteiger partial charge in [-0.25, -0.2) is 4.79 Å². The minimum Gasteiger partial charge on any atom is -0.478 e. The van der Waals surface area contributed by atoms with Gasteiger partial charge < -0.3 is 10.8 Å². The number of allylic oxidation sites excluding steroid dienone is 2. The summed E-state index contributed by atoms with van der Waals surface area (Å²) in [5.41, 5.74) is 10.9. The number of nitrogens with zero attached hydrogens (tertiary/aromatic N) is 4. The highest BCUT2D eigenvalue weighted by Gasteiger charge is 2.20. The van der Waals surface area contributed by atoms with Crippen LogP contribution in [0.4, 0.5) is 28.4 Å². The Hall–Kier alpha value is -5.01. The molecule has 0 unspecified atom stereocenters. The maximum absolute atomic E-state index is 11.7. The van der Waals surface area contributed by atoms with Crippen LogP contribution in [0.15, 0.2) is 81.1 Å². The van der Waals surface area contributed by atoms with Crippen molar-refractivity contribution in [3.05, 3.63) is 88.5 Å². The lowest BCUT2D eigenvalue weighted by Crippen LogP contribution is -2.09. The summed E-state index contributed by atoms with van der Waals surface area (Å²) in [5.74, 6) is -1.05. The Bertz CT molecular complexity index is 1970. The van der Waals surface area contributed by atoms with Crippen molar-refractivity contribution in [3.8, 4) is 0 Å². The maximum Gasteiger partial charge on any atom is 0.335 e. The summed E-state index contributed by atoms with van der Waals surface area (Å²) in [6, 6.07) is 12.5. The molecule has 5 rings (SSSR count). The van der Waals surface area contributed by atoms with Crippen molar-refractivity contribution in [2.24, 2.45) is 20.5 Å². The molecule has 0 spiro atoms. The molecule has 0 fully saturated rings. The molecule has 13 heteroatoms. The van der Waals surface area contributed by atoms with E-state index in [-0.39, 0.29) is 28.1 Å². The molecular formula is C27H19N5O6S2. The molecule has 40 heavy (non-hydrogen) atoms. The second kappa shape index (κ2) is 11.0. The van der Waals surface area contributed by atoms with Gasteiger partial charge in [0.15, 0.2) is 0 Å². The Kier molecular flexibility index (Phi) is 7.31. The largest absolute Gasteiger partial charge is 0.478 e. The van der Waals surface area contributed by atoms with Gasteiger partial charge in [-0.1, -0.05) is 12.2 Å². The molecule has 3 aromatic rings. The van der Waals surface area contributed by atoms with E-state index in [4.69, 9.17) is 10.8 Å². The van der Waals surface area contributed by atoms with E-state index >= 15 is 0 Å². The van der Waals surface area contributed by atoms with E-state index in [1.165, 1.54) is 36.4 Å². The van der Waals surface area contributed by atoms with Gasteiger partial charge in [-0.2, -0.15) is 27.1 Å². The molecule has 0 saturated heterocycles. The van der Waals surface area contributed by atoms with Crippen molar-refractivity contribution in [1.29, 1.82) is 0 Å². The van der Waals surface area contributed by atoms with Gasteiger partial charge in [-0.05, 0) is 71.8 Å². The van der Waals surface area contributed by atoms with Gasteiger partial charge in [-0.3, -0.25) is 0 Å². The van der Waals surface area contributed by atoms with Crippen molar-refractivity contribution in [2.75, 3.05) is 5.73 Å². The van der Waals surface area contributed by atoms with Crippen molar-refractivity contribution >= 4 is 76.9 Å². The van der Waals surface area contributed by atoms with Crippen LogP contribution in [0.25, 0.3) is 12.2 Å². The quantitative estimate of drug-likeness (QED) is 0.243. The highest BCUT2D eigenvalue weighted by atomic mass is 32.2. The normalized spacial score (nSPS) is 14.0. The second-order valence-electron chi connectivity index (χ2n) is 8.74. The molecule has 11 nitrogen and oxygen atoms in total. The number of fused-ring (bicyclic) bond motifs is 2. The first-order chi connectivity index (χ1) is 19.2. The van der Waals surface area contributed by atoms with Crippen LogP contribution in [0.1, 0.15) is 32.6 Å². The molecule has 2 aliphatic carbocycles. The number of carboxylic acid groups (broad SMARTS) is 1. The average Bonchev–Trinajstić information content (AvgIpc) is 2.95. The number of rotatable bonds is 5. The summed E-state index contributed by atoms with van der Waals surface area (Å²) >= 11 is 0. The molecular weight excluding hydrogens is 554 g/mol. The number of hydrogen-bond donors (Lipinski definition) is 2. The first kappa shape index (κ1) is 26.6. The number of benzene rings is 3. The lowest BCUT2D eigenvalue weighted by Gasteiger charge is -2.16. The van der Waals surface area contributed by atoms with E-state index < -0.39 is 26.6 Å². The second-order valence-corrected chi connectivity index (χ2v) is 10.7. The summed E-state index contributed by atoms with van der Waals surface area (Å²) < 4.78 is 46.2. The fourth-order valence-corrected chi connectivity index (χ4v) is 5.15. The summed E-state index contributed by atoms with van der Waals surface area (Å²) in [7, 11) is -4.80. The molecule has 0 bridgehead atoms. The summed E-state index contributed by atoms with van der Waals surface area (Å²) in [4.78, 5) is 11.5. The van der Waals surface area contributed by atoms with Gasteiger partial charge in [0.2, 0.25) is 20.6 Å². The van der Waals surface area contributed by atoms with Crippen LogP contribution < -0.4 is 5.73 Å². The minimum atomic E-state index is -2.44. The van der Waals surface area contributed by atoms with Gasteiger partial charge in [0.1, 0.15) is 0 Å². The molecule has 0 radical (unpaired) electrons. The number of nitrogens with two attached hydrogens (primary N) is 1. The molecule has 200 valence electrons. The Morgan fingerprint density at radius 2 is 1.15 bits per heavy atom. The molecule has 0 saturated carbocycles. The number of anilines is 1. The maximum atomic E-state index is 11.7. The van der Waals surface area contributed by atoms with E-state index in [9.17, 15) is 21.6 Å². The van der Waals surface area contributed by atoms with Crippen LogP contribution in [0.5, 0.6) is 0 Å². The molecule has 0 atom stereocenters. The molecule has 3 N–H and O–H groups in total. The third kappa shape index (κ3) is 5.41. The van der Waals surface area contributed by atoms with Crippen LogP contribution in [0, 0.1) is 0 Å². The van der Waals surface area contributed by atoms with E-state index in [0.29, 0.717) is 50.7 Å². The summed E-state index contributed by atoms with van der Waals surface area (Å²) in [6.07, 6.45) is 6.45. The number of aromatic carboxylic acids is 1. The monoisotopic (exact) mass is 573 g/mol. The third-order valence-electron chi connectivity index (χ3n) is 6.33. The zero-order chi connectivity index (χ0) is 28.4. The van der Waals surface area contributed by atoms with Crippen LogP contribution in [0.2, 0.25) is 0 Å². The van der Waals surface area contributed by atoms with Gasteiger partial charge in [0.05, 0.1) is 38.0 Å². The SMILES string of the molecule is Nc1ccc(N=Nc2ccc(N=Nc3ccc(C(=O)O)cc3)c3c2CC(=S(=O)=O)C=C3)c2c1CC(=S(=O)=O)C=C2. The van der Waals surface area contributed by atoms with E-state index in [2.05, 4.69) is 20.5 Å². The van der Waals surface area contributed by atoms with Crippen molar-refractivity contribution in [1.82, 2.24) is 0 Å². The predicted octanol–water partition coefficient (Wildman–Crippen LogP) is 5.04. The molecule has 0 amide bonds. The highest BCUT2D eigenvalue weighted by Crippen LogP contribution is 2.38. The Morgan fingerprint density at radius 1 is 0.650 bits per heavy atom. The molecule has 2 aliphatic rings. The number of carbonyl (C=O) groups is 1. The third-order valence-corrected chi connectivity index (χ3v) is 7.75. The van der Waals surface area contributed by atoms with Crippen LogP contribution >= 0.6 is 0 Å². The Labute approximate surface area is 230 Å². The zero-order valence-corrected chi connectivity index (χ0v) is 22.1. The smallest absolute Gasteiger partial charge is 0.335 e. The summed E-state index contributed by atoms with van der Waals surface area (Å²) in [5, 5.41) is 26.3. The molecule has 0 heterocycles. The number of azo groups is 2. The fourth-order valence-electron chi connectivity index (χ4n) is 4.27. The van der Waals surface area contributed by atoms with Gasteiger partial charge in [0.25, 0.3) is 0 Å². The van der Waals surface area contributed by atoms with Crippen LogP contribution in [-0.2, 0) is 33.4 Å². The Balaban J connectivity index is 1.54. The number of hydrogen-bond acceptors (Lipinski definition) is 10. The summed E-state index contributed by atoms with van der Waals surface area (Å²) in [6.45, 7) is 0. The van der Waals surface area contributed by atoms with Gasteiger partial charge in [-0.15, -0.1) is 10.2 Å². The number of carboxylic acids is 1. The molecule has 3 aromatic carbocycles. The lowest BCUT2D eigenvalue weighted by atomic mass is 9.94. The van der Waals surface area contributed by atoms with Gasteiger partial charge >= 0.3 is 5.97 Å². The predicted molar refractivity (Wildman–Crippen MR) is 152 cm³/mol. The standard InChI is InChI=1S/C27H19N5O6S2/c28-23-9-10-24(19-7-5-17(39(35)36)13-21(19)23)31-32-26-12-11-25(20-8-6-18(40(37)38)14-22(20)26)30-29-16-3-1-15(2-4-16)27(33)34/h1-12H,13-14,28H2,(H,33,34). The fraction of sp³-hybridized carbons (Fsp3) is 0.0741. The average molecular weight is 574 g/mol.